The topological polar surface area (TPSA) is 148 Å². The Morgan fingerprint density at radius 3 is 2.03 bits per heavy atom. The molecule has 1 aliphatic rings. The zero-order valence-electron chi connectivity index (χ0n) is 18.2. The molecule has 4 rings (SSSR count). The molecule has 3 aromatic rings. The number of nitro benzene ring substituents is 2. The molecule has 0 bridgehead atoms. The summed E-state index contributed by atoms with van der Waals surface area (Å²) in [6.45, 7) is 3.63. The number of piperazine rings is 1. The van der Waals surface area contributed by atoms with Gasteiger partial charge in [0, 0.05) is 44.0 Å². The third-order valence-electron chi connectivity index (χ3n) is 5.44. The van der Waals surface area contributed by atoms with E-state index in [1.807, 2.05) is 48.2 Å². The second-order valence-electron chi connectivity index (χ2n) is 7.80. The van der Waals surface area contributed by atoms with Crippen molar-refractivity contribution in [2.45, 2.75) is 6.92 Å². The Hall–Kier alpha value is -4.61. The van der Waals surface area contributed by atoms with Gasteiger partial charge in [-0.3, -0.25) is 25.0 Å². The van der Waals surface area contributed by atoms with E-state index in [1.165, 1.54) is 4.90 Å². The molecular formula is C22H21N7O5. The number of aromatic nitrogens is 2. The van der Waals surface area contributed by atoms with Gasteiger partial charge in [0.1, 0.15) is 0 Å². The van der Waals surface area contributed by atoms with E-state index in [0.29, 0.717) is 37.8 Å². The zero-order valence-corrected chi connectivity index (χ0v) is 18.2. The molecule has 0 radical (unpaired) electrons. The van der Waals surface area contributed by atoms with Crippen LogP contribution in [0, 0.1) is 27.2 Å². The molecule has 174 valence electrons. The van der Waals surface area contributed by atoms with Gasteiger partial charge < -0.3 is 15.1 Å². The van der Waals surface area contributed by atoms with Crippen LogP contribution in [-0.2, 0) is 0 Å². The lowest BCUT2D eigenvalue weighted by Crippen LogP contribution is -2.49. The lowest BCUT2D eigenvalue weighted by atomic mass is 10.1. The van der Waals surface area contributed by atoms with E-state index in [0.717, 1.165) is 29.4 Å². The number of nitro groups is 2. The maximum Gasteiger partial charge on any atom is 0.277 e. The first kappa shape index (κ1) is 22.6. The molecule has 1 aromatic heterocycles. The number of rotatable bonds is 6. The van der Waals surface area contributed by atoms with Crippen LogP contribution in [0.4, 0.5) is 28.7 Å². The highest BCUT2D eigenvalue weighted by molar-refractivity contribution is 5.95. The first-order valence-corrected chi connectivity index (χ1v) is 10.5. The van der Waals surface area contributed by atoms with Crippen molar-refractivity contribution in [3.8, 4) is 0 Å². The highest BCUT2D eigenvalue weighted by Gasteiger charge is 2.26. The molecule has 0 aliphatic carbocycles. The number of non-ortho nitro benzene ring substituents is 2. The van der Waals surface area contributed by atoms with Gasteiger partial charge in [0.25, 0.3) is 17.3 Å². The van der Waals surface area contributed by atoms with E-state index >= 15 is 0 Å². The molecule has 0 atom stereocenters. The normalized spacial score (nSPS) is 13.4. The lowest BCUT2D eigenvalue weighted by Gasteiger charge is -2.35. The fraction of sp³-hybridized carbons (Fsp3) is 0.227. The summed E-state index contributed by atoms with van der Waals surface area (Å²) in [5.74, 6) is 0.774. The van der Waals surface area contributed by atoms with Crippen molar-refractivity contribution in [2.75, 3.05) is 36.4 Å². The van der Waals surface area contributed by atoms with Crippen LogP contribution in [-0.4, -0.2) is 57.0 Å². The summed E-state index contributed by atoms with van der Waals surface area (Å²) in [7, 11) is 0. The number of hydrogen-bond donors (Lipinski definition) is 1. The fourth-order valence-electron chi connectivity index (χ4n) is 3.60. The maximum atomic E-state index is 12.9. The average Bonchev–Trinajstić information content (AvgIpc) is 2.85. The second-order valence-corrected chi connectivity index (χ2v) is 7.80. The predicted octanol–water partition coefficient (Wildman–Crippen LogP) is 3.31. The van der Waals surface area contributed by atoms with Crippen LogP contribution in [0.5, 0.6) is 0 Å². The van der Waals surface area contributed by atoms with Gasteiger partial charge in [-0.1, -0.05) is 17.7 Å². The SMILES string of the molecule is Cc1ccc(Nc2ccc(N3CCN(C(=O)c4cc([N+](=O)[O-])cc([N+](=O)[O-])c4)CC3)nn2)cc1. The average molecular weight is 463 g/mol. The van der Waals surface area contributed by atoms with Crippen molar-refractivity contribution in [1.29, 1.82) is 0 Å². The standard InChI is InChI=1S/C22H21N7O5/c1-15-2-4-17(5-3-15)23-20-6-7-21(25-24-20)26-8-10-27(11-9-26)22(30)16-12-18(28(31)32)14-19(13-16)29(33)34/h2-7,12-14H,8-11H2,1H3,(H,23,24). The molecule has 2 heterocycles. The quantitative estimate of drug-likeness (QED) is 0.429. The second kappa shape index (κ2) is 9.48. The molecule has 1 aliphatic heterocycles. The number of benzene rings is 2. The Balaban J connectivity index is 1.39. The summed E-state index contributed by atoms with van der Waals surface area (Å²) in [5, 5.41) is 33.9. The number of hydrogen-bond acceptors (Lipinski definition) is 9. The van der Waals surface area contributed by atoms with E-state index in [2.05, 4.69) is 15.5 Å². The molecule has 1 fully saturated rings. The van der Waals surface area contributed by atoms with E-state index < -0.39 is 27.1 Å². The summed E-state index contributed by atoms with van der Waals surface area (Å²) in [6.07, 6.45) is 0. The number of carbonyl (C=O) groups excluding carboxylic acids is 1. The highest BCUT2D eigenvalue weighted by atomic mass is 16.6. The summed E-state index contributed by atoms with van der Waals surface area (Å²) >= 11 is 0. The summed E-state index contributed by atoms with van der Waals surface area (Å²) in [5.41, 5.74) is 0.992. The van der Waals surface area contributed by atoms with Gasteiger partial charge >= 0.3 is 0 Å². The number of aryl methyl sites for hydroxylation is 1. The monoisotopic (exact) mass is 463 g/mol. The van der Waals surface area contributed by atoms with Crippen molar-refractivity contribution in [2.24, 2.45) is 0 Å². The van der Waals surface area contributed by atoms with Crippen LogP contribution >= 0.6 is 0 Å². The van der Waals surface area contributed by atoms with Crippen LogP contribution < -0.4 is 10.2 Å². The van der Waals surface area contributed by atoms with Gasteiger partial charge in [-0.2, -0.15) is 0 Å². The Morgan fingerprint density at radius 2 is 1.50 bits per heavy atom. The summed E-state index contributed by atoms with van der Waals surface area (Å²) in [4.78, 5) is 37.0. The minimum atomic E-state index is -0.752. The van der Waals surface area contributed by atoms with Crippen molar-refractivity contribution >= 4 is 34.6 Å². The lowest BCUT2D eigenvalue weighted by molar-refractivity contribution is -0.394. The first-order valence-electron chi connectivity index (χ1n) is 10.5. The first-order chi connectivity index (χ1) is 16.3. The van der Waals surface area contributed by atoms with Crippen molar-refractivity contribution in [3.05, 3.63) is 86.0 Å². The molecule has 1 saturated heterocycles. The van der Waals surface area contributed by atoms with E-state index in [-0.39, 0.29) is 5.56 Å². The third kappa shape index (κ3) is 5.06. The molecule has 0 spiro atoms. The van der Waals surface area contributed by atoms with Gasteiger partial charge in [-0.05, 0) is 31.2 Å². The third-order valence-corrected chi connectivity index (χ3v) is 5.44. The van der Waals surface area contributed by atoms with E-state index in [1.54, 1.807) is 0 Å². The molecule has 1 N–H and O–H groups in total. The zero-order chi connectivity index (χ0) is 24.2. The Bertz CT molecular complexity index is 1190. The van der Waals surface area contributed by atoms with Crippen LogP contribution in [0.3, 0.4) is 0 Å². The number of nitrogens with zero attached hydrogens (tertiary/aromatic N) is 6. The van der Waals surface area contributed by atoms with Gasteiger partial charge in [0.2, 0.25) is 0 Å². The molecular weight excluding hydrogens is 442 g/mol. The van der Waals surface area contributed by atoms with Crippen molar-refractivity contribution < 1.29 is 14.6 Å². The van der Waals surface area contributed by atoms with Gasteiger partial charge in [-0.15, -0.1) is 10.2 Å². The van der Waals surface area contributed by atoms with E-state index in [9.17, 15) is 25.0 Å². The van der Waals surface area contributed by atoms with Gasteiger partial charge in [0.15, 0.2) is 11.6 Å². The number of nitrogens with one attached hydrogen (secondary N) is 1. The molecule has 2 aromatic carbocycles. The molecule has 0 unspecified atom stereocenters. The number of amides is 1. The molecule has 0 saturated carbocycles. The van der Waals surface area contributed by atoms with Crippen LogP contribution in [0.2, 0.25) is 0 Å². The molecule has 12 nitrogen and oxygen atoms in total. The largest absolute Gasteiger partial charge is 0.352 e. The molecule has 12 heteroatoms. The number of anilines is 3. The maximum absolute atomic E-state index is 12.9. The predicted molar refractivity (Wildman–Crippen MR) is 124 cm³/mol. The minimum absolute atomic E-state index is 0.0827. The smallest absolute Gasteiger partial charge is 0.277 e. The van der Waals surface area contributed by atoms with Crippen LogP contribution in [0.1, 0.15) is 15.9 Å². The minimum Gasteiger partial charge on any atom is -0.352 e. The Labute approximate surface area is 194 Å². The van der Waals surface area contributed by atoms with Crippen LogP contribution in [0.15, 0.2) is 54.6 Å². The molecule has 34 heavy (non-hydrogen) atoms. The molecule has 1 amide bonds. The Morgan fingerprint density at radius 1 is 0.882 bits per heavy atom. The summed E-state index contributed by atoms with van der Waals surface area (Å²) < 4.78 is 0. The van der Waals surface area contributed by atoms with Gasteiger partial charge in [0.05, 0.1) is 21.5 Å². The highest BCUT2D eigenvalue weighted by Crippen LogP contribution is 2.24. The Kier molecular flexibility index (Phi) is 6.30. The van der Waals surface area contributed by atoms with Gasteiger partial charge in [-0.25, -0.2) is 0 Å². The van der Waals surface area contributed by atoms with Crippen molar-refractivity contribution in [1.82, 2.24) is 15.1 Å². The van der Waals surface area contributed by atoms with Crippen LogP contribution in [0.25, 0.3) is 0 Å². The van der Waals surface area contributed by atoms with E-state index in [4.69, 9.17) is 0 Å². The fourth-order valence-corrected chi connectivity index (χ4v) is 3.60. The number of carbonyl (C=O) groups is 1. The summed E-state index contributed by atoms with van der Waals surface area (Å²) in [6, 6.07) is 14.5. The van der Waals surface area contributed by atoms with Crippen molar-refractivity contribution in [3.63, 3.8) is 0 Å².